The van der Waals surface area contributed by atoms with Gasteiger partial charge in [-0.15, -0.1) is 0 Å². The van der Waals surface area contributed by atoms with Crippen LogP contribution in [0.25, 0.3) is 10.9 Å². The van der Waals surface area contributed by atoms with Crippen molar-refractivity contribution in [3.05, 3.63) is 41.8 Å². The van der Waals surface area contributed by atoms with E-state index in [9.17, 15) is 9.90 Å². The normalized spacial score (nSPS) is 20.8. The van der Waals surface area contributed by atoms with E-state index in [1.54, 1.807) is 7.11 Å². The van der Waals surface area contributed by atoms with E-state index in [4.69, 9.17) is 14.2 Å². The Labute approximate surface area is 190 Å². The van der Waals surface area contributed by atoms with Crippen LogP contribution in [-0.2, 0) is 20.7 Å². The van der Waals surface area contributed by atoms with Crippen LogP contribution >= 0.6 is 0 Å². The van der Waals surface area contributed by atoms with Gasteiger partial charge in [-0.25, -0.2) is 0 Å². The van der Waals surface area contributed by atoms with E-state index in [1.165, 1.54) is 0 Å². The summed E-state index contributed by atoms with van der Waals surface area (Å²) in [6, 6.07) is 5.91. The number of carbonyl (C=O) groups excluding carboxylic acids is 1. The zero-order valence-electron chi connectivity index (χ0n) is 19.5. The number of aromatic amines is 1. The van der Waals surface area contributed by atoms with E-state index in [1.807, 2.05) is 37.4 Å². The maximum absolute atomic E-state index is 12.9. The van der Waals surface area contributed by atoms with Crippen LogP contribution in [-0.4, -0.2) is 49.2 Å². The molecule has 3 rings (SSSR count). The summed E-state index contributed by atoms with van der Waals surface area (Å²) in [5.41, 5.74) is 2.16. The zero-order chi connectivity index (χ0) is 23.1. The minimum Gasteiger partial charge on any atom is -0.497 e. The van der Waals surface area contributed by atoms with Crippen LogP contribution in [0.5, 0.6) is 5.75 Å². The van der Waals surface area contributed by atoms with Crippen molar-refractivity contribution >= 4 is 16.8 Å². The molecule has 0 saturated heterocycles. The van der Waals surface area contributed by atoms with Crippen LogP contribution in [0.2, 0.25) is 0 Å². The average Bonchev–Trinajstić information content (AvgIpc) is 3.19. The molecule has 1 aliphatic rings. The number of fused-ring (bicyclic) bond motifs is 1. The Kier molecular flexibility index (Phi) is 8.59. The number of carbonyl (C=O) groups is 1. The topological polar surface area (TPSA) is 92.8 Å². The molecule has 0 radical (unpaired) electrons. The molecule has 3 N–H and O–H groups in total. The van der Waals surface area contributed by atoms with Gasteiger partial charge in [-0.2, -0.15) is 0 Å². The number of aliphatic hydroxyl groups excluding tert-OH is 1. The predicted molar refractivity (Wildman–Crippen MR) is 124 cm³/mol. The van der Waals surface area contributed by atoms with Crippen molar-refractivity contribution in [3.8, 4) is 5.75 Å². The minimum absolute atomic E-state index is 0.111. The fourth-order valence-electron chi connectivity index (χ4n) is 4.41. The second-order valence-corrected chi connectivity index (χ2v) is 8.55. The van der Waals surface area contributed by atoms with Crippen LogP contribution in [0.3, 0.4) is 0 Å². The summed E-state index contributed by atoms with van der Waals surface area (Å²) < 4.78 is 17.2. The predicted octanol–water partition coefficient (Wildman–Crippen LogP) is 3.77. The number of nitrogens with one attached hydrogen (secondary N) is 2. The molecule has 0 saturated carbocycles. The molecule has 0 spiro atoms. The highest BCUT2D eigenvalue weighted by Crippen LogP contribution is 2.37. The Morgan fingerprint density at radius 1 is 1.34 bits per heavy atom. The lowest BCUT2D eigenvalue weighted by molar-refractivity contribution is -0.175. The molecular weight excluding hydrogens is 408 g/mol. The molecule has 7 heteroatoms. The van der Waals surface area contributed by atoms with Crippen LogP contribution in [0.1, 0.15) is 39.2 Å². The first kappa shape index (κ1) is 24.1. The van der Waals surface area contributed by atoms with Crippen molar-refractivity contribution in [2.24, 2.45) is 17.8 Å². The van der Waals surface area contributed by atoms with Gasteiger partial charge in [0.05, 0.1) is 7.11 Å². The van der Waals surface area contributed by atoms with Crippen molar-refractivity contribution in [2.45, 2.75) is 46.3 Å². The van der Waals surface area contributed by atoms with E-state index >= 15 is 0 Å². The van der Waals surface area contributed by atoms with E-state index in [0.29, 0.717) is 37.7 Å². The molecular formula is C25H36N2O5. The third kappa shape index (κ3) is 5.64. The van der Waals surface area contributed by atoms with Crippen molar-refractivity contribution in [1.82, 2.24) is 10.3 Å². The molecule has 3 atom stereocenters. The standard InChI is InChI=1S/C25H36N2O5/c1-5-31-25-19(7-6-12-28)20(16(2)3)14-23(32-25)24(29)26-11-10-17-15-27-22-9-8-18(30-4)13-21(17)22/h8-9,13-16,19-20,25,27-28H,5-7,10-12H2,1-4H3,(H,26,29). The Balaban J connectivity index is 1.67. The summed E-state index contributed by atoms with van der Waals surface area (Å²) >= 11 is 0. The Morgan fingerprint density at radius 3 is 2.84 bits per heavy atom. The minimum atomic E-state index is -0.481. The van der Waals surface area contributed by atoms with E-state index in [0.717, 1.165) is 28.6 Å². The van der Waals surface area contributed by atoms with Gasteiger partial charge >= 0.3 is 0 Å². The number of ether oxygens (including phenoxy) is 3. The number of allylic oxidation sites excluding steroid dienone is 1. The number of aliphatic hydroxyl groups is 1. The van der Waals surface area contributed by atoms with Gasteiger partial charge in [0.25, 0.3) is 5.91 Å². The van der Waals surface area contributed by atoms with Gasteiger partial charge in [-0.05, 0) is 67.9 Å². The summed E-state index contributed by atoms with van der Waals surface area (Å²) in [5.74, 6) is 1.49. The molecule has 3 unspecified atom stereocenters. The largest absolute Gasteiger partial charge is 0.497 e. The Morgan fingerprint density at radius 2 is 2.16 bits per heavy atom. The number of methoxy groups -OCH3 is 1. The summed E-state index contributed by atoms with van der Waals surface area (Å²) in [5, 5.41) is 13.4. The lowest BCUT2D eigenvalue weighted by atomic mass is 9.78. The highest BCUT2D eigenvalue weighted by molar-refractivity contribution is 5.91. The SMILES string of the molecule is CCOC1OC(C(=O)NCCc2c[nH]c3ccc(OC)cc23)=CC(C(C)C)C1CCCO. The molecule has 0 bridgehead atoms. The lowest BCUT2D eigenvalue weighted by Crippen LogP contribution is -2.41. The number of hydrogen-bond donors (Lipinski definition) is 3. The van der Waals surface area contributed by atoms with Gasteiger partial charge in [-0.3, -0.25) is 4.79 Å². The lowest BCUT2D eigenvalue weighted by Gasteiger charge is -2.38. The quantitative estimate of drug-likeness (QED) is 0.491. The van der Waals surface area contributed by atoms with Gasteiger partial charge in [0.1, 0.15) is 5.75 Å². The van der Waals surface area contributed by atoms with E-state index in [2.05, 4.69) is 24.1 Å². The number of H-pyrrole nitrogens is 1. The maximum atomic E-state index is 12.9. The molecule has 1 aromatic heterocycles. The molecule has 1 amide bonds. The third-order valence-electron chi connectivity index (χ3n) is 6.11. The molecule has 2 heterocycles. The van der Waals surface area contributed by atoms with E-state index < -0.39 is 6.29 Å². The van der Waals surface area contributed by atoms with Crippen LogP contribution < -0.4 is 10.1 Å². The number of hydrogen-bond acceptors (Lipinski definition) is 5. The first-order valence-corrected chi connectivity index (χ1v) is 11.5. The molecule has 176 valence electrons. The van der Waals surface area contributed by atoms with E-state index in [-0.39, 0.29) is 24.3 Å². The van der Waals surface area contributed by atoms with Gasteiger partial charge in [0.15, 0.2) is 5.76 Å². The summed E-state index contributed by atoms with van der Waals surface area (Å²) in [6.07, 6.45) is 5.59. The highest BCUT2D eigenvalue weighted by Gasteiger charge is 2.38. The summed E-state index contributed by atoms with van der Waals surface area (Å²) in [7, 11) is 1.65. The first-order chi connectivity index (χ1) is 15.5. The molecule has 32 heavy (non-hydrogen) atoms. The fourth-order valence-corrected chi connectivity index (χ4v) is 4.41. The summed E-state index contributed by atoms with van der Waals surface area (Å²) in [6.45, 7) is 7.33. The monoisotopic (exact) mass is 444 g/mol. The van der Waals surface area contributed by atoms with Crippen LogP contribution in [0, 0.1) is 17.8 Å². The number of aromatic nitrogens is 1. The van der Waals surface area contributed by atoms with Crippen molar-refractivity contribution in [1.29, 1.82) is 0 Å². The molecule has 0 aliphatic carbocycles. The zero-order valence-corrected chi connectivity index (χ0v) is 19.5. The third-order valence-corrected chi connectivity index (χ3v) is 6.11. The maximum Gasteiger partial charge on any atom is 0.286 e. The molecule has 0 fully saturated rings. The number of amides is 1. The Bertz CT molecular complexity index is 920. The van der Waals surface area contributed by atoms with Gasteiger partial charge in [-0.1, -0.05) is 13.8 Å². The van der Waals surface area contributed by atoms with Crippen LogP contribution in [0.15, 0.2) is 36.2 Å². The van der Waals surface area contributed by atoms with Crippen molar-refractivity contribution in [3.63, 3.8) is 0 Å². The first-order valence-electron chi connectivity index (χ1n) is 11.5. The second kappa shape index (κ2) is 11.4. The average molecular weight is 445 g/mol. The van der Waals surface area contributed by atoms with Crippen molar-refractivity contribution < 1.29 is 24.1 Å². The molecule has 1 aromatic carbocycles. The van der Waals surface area contributed by atoms with Gasteiger partial charge in [0, 0.05) is 42.8 Å². The smallest absolute Gasteiger partial charge is 0.286 e. The summed E-state index contributed by atoms with van der Waals surface area (Å²) in [4.78, 5) is 16.2. The van der Waals surface area contributed by atoms with Gasteiger partial charge in [0.2, 0.25) is 6.29 Å². The highest BCUT2D eigenvalue weighted by atomic mass is 16.7. The molecule has 2 aromatic rings. The number of benzene rings is 1. The fraction of sp³-hybridized carbons (Fsp3) is 0.560. The van der Waals surface area contributed by atoms with Crippen molar-refractivity contribution in [2.75, 3.05) is 26.9 Å². The Hall–Kier alpha value is -2.51. The molecule has 7 nitrogen and oxygen atoms in total. The van der Waals surface area contributed by atoms with Gasteiger partial charge < -0.3 is 29.6 Å². The number of rotatable bonds is 11. The second-order valence-electron chi connectivity index (χ2n) is 8.55. The molecule has 1 aliphatic heterocycles. The van der Waals surface area contributed by atoms with Crippen LogP contribution in [0.4, 0.5) is 0 Å².